The van der Waals surface area contributed by atoms with Crippen molar-refractivity contribution in [3.63, 3.8) is 0 Å². The standard InChI is InChI=1S/C12H8ClN5/c13-10-3-1-2-9-11(10)17-7-14-4-8(17)5-18-12(9)15-6-16-18/h1-4,6-7H,5H2. The fourth-order valence-corrected chi connectivity index (χ4v) is 2.59. The summed E-state index contributed by atoms with van der Waals surface area (Å²) < 4.78 is 3.85. The molecule has 0 bridgehead atoms. The molecule has 3 heterocycles. The Morgan fingerprint density at radius 2 is 2.22 bits per heavy atom. The molecule has 0 atom stereocenters. The summed E-state index contributed by atoms with van der Waals surface area (Å²) in [7, 11) is 0. The summed E-state index contributed by atoms with van der Waals surface area (Å²) in [5.41, 5.74) is 2.92. The van der Waals surface area contributed by atoms with Crippen LogP contribution < -0.4 is 0 Å². The lowest BCUT2D eigenvalue weighted by Gasteiger charge is -2.09. The molecule has 6 heteroatoms. The summed E-state index contributed by atoms with van der Waals surface area (Å²) in [4.78, 5) is 8.51. The van der Waals surface area contributed by atoms with E-state index >= 15 is 0 Å². The molecule has 0 saturated heterocycles. The Morgan fingerprint density at radius 1 is 1.28 bits per heavy atom. The minimum atomic E-state index is 0.639. The smallest absolute Gasteiger partial charge is 0.160 e. The number of fused-ring (bicyclic) bond motifs is 5. The van der Waals surface area contributed by atoms with Gasteiger partial charge in [0, 0.05) is 5.56 Å². The number of benzene rings is 1. The first-order valence-electron chi connectivity index (χ1n) is 5.53. The minimum absolute atomic E-state index is 0.639. The molecule has 0 saturated carbocycles. The Hall–Kier alpha value is -2.14. The van der Waals surface area contributed by atoms with Crippen LogP contribution in [0.4, 0.5) is 0 Å². The van der Waals surface area contributed by atoms with Gasteiger partial charge in [-0.3, -0.25) is 4.57 Å². The molecule has 5 nitrogen and oxygen atoms in total. The van der Waals surface area contributed by atoms with Crippen molar-refractivity contribution in [1.82, 2.24) is 24.3 Å². The molecule has 0 spiro atoms. The summed E-state index contributed by atoms with van der Waals surface area (Å²) in [6.45, 7) is 0.639. The largest absolute Gasteiger partial charge is 0.299 e. The van der Waals surface area contributed by atoms with Crippen LogP contribution in [0.2, 0.25) is 5.02 Å². The van der Waals surface area contributed by atoms with E-state index in [1.807, 2.05) is 33.6 Å². The van der Waals surface area contributed by atoms with Crippen LogP contribution in [0.25, 0.3) is 17.1 Å². The molecule has 0 N–H and O–H groups in total. The average Bonchev–Trinajstić information content (AvgIpc) is 2.97. The van der Waals surface area contributed by atoms with Crippen molar-refractivity contribution in [2.24, 2.45) is 0 Å². The van der Waals surface area contributed by atoms with E-state index in [0.29, 0.717) is 11.6 Å². The molecule has 1 aliphatic rings. The quantitative estimate of drug-likeness (QED) is 0.485. The molecule has 18 heavy (non-hydrogen) atoms. The molecule has 0 fully saturated rings. The van der Waals surface area contributed by atoms with Crippen molar-refractivity contribution in [3.05, 3.63) is 47.8 Å². The van der Waals surface area contributed by atoms with E-state index in [-0.39, 0.29) is 0 Å². The van der Waals surface area contributed by atoms with Gasteiger partial charge in [-0.1, -0.05) is 17.7 Å². The minimum Gasteiger partial charge on any atom is -0.299 e. The van der Waals surface area contributed by atoms with Crippen LogP contribution in [-0.4, -0.2) is 24.3 Å². The Kier molecular flexibility index (Phi) is 1.87. The number of aromatic nitrogens is 5. The highest BCUT2D eigenvalue weighted by Gasteiger charge is 2.22. The Bertz CT molecular complexity index is 743. The fourth-order valence-electron chi connectivity index (χ4n) is 2.32. The Labute approximate surface area is 108 Å². The van der Waals surface area contributed by atoms with Crippen molar-refractivity contribution >= 4 is 11.6 Å². The lowest BCUT2D eigenvalue weighted by atomic mass is 10.1. The maximum Gasteiger partial charge on any atom is 0.160 e. The number of hydrogen-bond acceptors (Lipinski definition) is 3. The van der Waals surface area contributed by atoms with Gasteiger partial charge in [-0.25, -0.2) is 14.6 Å². The third-order valence-electron chi connectivity index (χ3n) is 3.11. The van der Waals surface area contributed by atoms with E-state index in [4.69, 9.17) is 11.6 Å². The molecule has 4 rings (SSSR count). The van der Waals surface area contributed by atoms with Gasteiger partial charge in [0.15, 0.2) is 5.82 Å². The molecular weight excluding hydrogens is 250 g/mol. The first-order chi connectivity index (χ1) is 8.84. The second-order valence-electron chi connectivity index (χ2n) is 4.13. The van der Waals surface area contributed by atoms with E-state index in [1.54, 1.807) is 12.7 Å². The number of nitrogens with zero attached hydrogens (tertiary/aromatic N) is 5. The van der Waals surface area contributed by atoms with Gasteiger partial charge in [0.2, 0.25) is 0 Å². The molecule has 1 aromatic carbocycles. The topological polar surface area (TPSA) is 48.5 Å². The lowest BCUT2D eigenvalue weighted by Crippen LogP contribution is -2.03. The molecule has 0 unspecified atom stereocenters. The normalized spacial score (nSPS) is 12.5. The van der Waals surface area contributed by atoms with E-state index < -0.39 is 0 Å². The van der Waals surface area contributed by atoms with Crippen LogP contribution in [0, 0.1) is 0 Å². The summed E-state index contributed by atoms with van der Waals surface area (Å²) in [5, 5.41) is 4.93. The van der Waals surface area contributed by atoms with Gasteiger partial charge in [0.1, 0.15) is 6.33 Å². The zero-order valence-corrected chi connectivity index (χ0v) is 10.0. The second kappa shape index (κ2) is 3.43. The van der Waals surface area contributed by atoms with Crippen molar-refractivity contribution in [2.45, 2.75) is 6.54 Å². The van der Waals surface area contributed by atoms with Gasteiger partial charge >= 0.3 is 0 Å². The first-order valence-corrected chi connectivity index (χ1v) is 5.90. The first kappa shape index (κ1) is 9.85. The fraction of sp³-hybridized carbons (Fsp3) is 0.0833. The van der Waals surface area contributed by atoms with Gasteiger partial charge in [-0.2, -0.15) is 5.10 Å². The molecule has 3 aromatic rings. The predicted molar refractivity (Wildman–Crippen MR) is 66.7 cm³/mol. The molecule has 88 valence electrons. The van der Waals surface area contributed by atoms with Crippen LogP contribution in [0.15, 0.2) is 37.1 Å². The van der Waals surface area contributed by atoms with Crippen LogP contribution in [0.1, 0.15) is 5.69 Å². The van der Waals surface area contributed by atoms with Crippen LogP contribution >= 0.6 is 11.6 Å². The number of imidazole rings is 1. The third-order valence-corrected chi connectivity index (χ3v) is 3.42. The van der Waals surface area contributed by atoms with E-state index in [9.17, 15) is 0 Å². The molecule has 1 aliphatic heterocycles. The van der Waals surface area contributed by atoms with Crippen molar-refractivity contribution in [2.75, 3.05) is 0 Å². The van der Waals surface area contributed by atoms with E-state index in [2.05, 4.69) is 15.1 Å². The SMILES string of the molecule is Clc1cccc2c1-n1cncc1Cn1ncnc1-2. The molecular formula is C12H8ClN5. The summed E-state index contributed by atoms with van der Waals surface area (Å²) >= 11 is 6.33. The van der Waals surface area contributed by atoms with Crippen molar-refractivity contribution < 1.29 is 0 Å². The zero-order valence-electron chi connectivity index (χ0n) is 9.29. The molecule has 0 aliphatic carbocycles. The Morgan fingerprint density at radius 3 is 3.17 bits per heavy atom. The average molecular weight is 258 g/mol. The molecule has 2 aromatic heterocycles. The zero-order chi connectivity index (χ0) is 12.1. The summed E-state index contributed by atoms with van der Waals surface area (Å²) in [6, 6.07) is 5.79. The van der Waals surface area contributed by atoms with Gasteiger partial charge < -0.3 is 0 Å². The van der Waals surface area contributed by atoms with Crippen molar-refractivity contribution in [3.8, 4) is 17.1 Å². The second-order valence-corrected chi connectivity index (χ2v) is 4.54. The number of para-hydroxylation sites is 1. The van der Waals surface area contributed by atoms with Crippen LogP contribution in [-0.2, 0) is 6.54 Å². The lowest BCUT2D eigenvalue weighted by molar-refractivity contribution is 0.677. The predicted octanol–water partition coefficient (Wildman–Crippen LogP) is 2.15. The van der Waals surface area contributed by atoms with E-state index in [1.165, 1.54) is 0 Å². The van der Waals surface area contributed by atoms with Gasteiger partial charge in [0.25, 0.3) is 0 Å². The van der Waals surface area contributed by atoms with Crippen LogP contribution in [0.5, 0.6) is 0 Å². The highest BCUT2D eigenvalue weighted by Crippen LogP contribution is 2.34. The van der Waals surface area contributed by atoms with E-state index in [0.717, 1.165) is 22.8 Å². The van der Waals surface area contributed by atoms with Crippen LogP contribution in [0.3, 0.4) is 0 Å². The van der Waals surface area contributed by atoms with Gasteiger partial charge in [-0.05, 0) is 12.1 Å². The highest BCUT2D eigenvalue weighted by molar-refractivity contribution is 6.33. The number of rotatable bonds is 0. The summed E-state index contributed by atoms with van der Waals surface area (Å²) in [5.74, 6) is 0.830. The van der Waals surface area contributed by atoms with Crippen molar-refractivity contribution in [1.29, 1.82) is 0 Å². The maximum absolute atomic E-state index is 6.33. The monoisotopic (exact) mass is 257 g/mol. The highest BCUT2D eigenvalue weighted by atomic mass is 35.5. The number of hydrogen-bond donors (Lipinski definition) is 0. The molecule has 0 radical (unpaired) electrons. The third kappa shape index (κ3) is 1.19. The molecule has 0 amide bonds. The number of halogens is 1. The van der Waals surface area contributed by atoms with Gasteiger partial charge in [0.05, 0.1) is 35.5 Å². The Balaban J connectivity index is 2.17. The summed E-state index contributed by atoms with van der Waals surface area (Å²) in [6.07, 6.45) is 5.16. The van der Waals surface area contributed by atoms with Gasteiger partial charge in [-0.15, -0.1) is 0 Å². The maximum atomic E-state index is 6.33.